The van der Waals surface area contributed by atoms with E-state index in [1.54, 1.807) is 0 Å². The molecule has 0 unspecified atom stereocenters. The summed E-state index contributed by atoms with van der Waals surface area (Å²) < 4.78 is 16.3. The van der Waals surface area contributed by atoms with Crippen molar-refractivity contribution in [3.8, 4) is 28.7 Å². The molecule has 0 saturated heterocycles. The number of benzene rings is 5. The fourth-order valence-electron chi connectivity index (χ4n) is 7.93. The second-order valence-corrected chi connectivity index (χ2v) is 11.4. The molecule has 0 bridgehead atoms. The average Bonchev–Trinajstić information content (AvgIpc) is 3.29. The SMILES string of the molecule is CC(C)c1c2c3c4c5c1Oc1ccccc1B5c1cccc5c6cccc(c6n-4c15)B3c1ccccc1O2. The van der Waals surface area contributed by atoms with Gasteiger partial charge >= 0.3 is 0 Å². The van der Waals surface area contributed by atoms with Crippen LogP contribution in [0.1, 0.15) is 25.3 Å². The molecule has 6 aromatic rings. The fourth-order valence-corrected chi connectivity index (χ4v) is 7.93. The Kier molecular flexibility index (Phi) is 3.30. The Labute approximate surface area is 220 Å². The standard InChI is InChI=1S/C33H21B2NO2/c1-17(2)26-32-27-31-28-33(26)38-25-16-6-4-12-21(25)35(28)23-14-8-10-19-18-9-7-13-22(29(18)36(31)30(19)23)34(27)20-11-3-5-15-24(20)37-32/h3-17H,1-2H3. The van der Waals surface area contributed by atoms with Gasteiger partial charge in [-0.15, -0.1) is 0 Å². The summed E-state index contributed by atoms with van der Waals surface area (Å²) in [5, 5.41) is 2.65. The van der Waals surface area contributed by atoms with Crippen molar-refractivity contribution >= 4 is 68.0 Å². The minimum absolute atomic E-state index is 0.118. The normalized spacial score (nSPS) is 14.6. The number of hydrogen-bond acceptors (Lipinski definition) is 2. The molecule has 4 aliphatic rings. The van der Waals surface area contributed by atoms with Crippen LogP contribution in [0.4, 0.5) is 0 Å². The Hall–Kier alpha value is -4.37. The highest BCUT2D eigenvalue weighted by molar-refractivity contribution is 7.03. The highest BCUT2D eigenvalue weighted by Gasteiger charge is 2.50. The smallest absolute Gasteiger partial charge is 0.256 e. The van der Waals surface area contributed by atoms with Gasteiger partial charge in [0.25, 0.3) is 13.4 Å². The second-order valence-electron chi connectivity index (χ2n) is 11.4. The van der Waals surface area contributed by atoms with Gasteiger partial charge in [-0.3, -0.25) is 0 Å². The maximum Gasteiger partial charge on any atom is 0.256 e. The minimum Gasteiger partial charge on any atom is -0.458 e. The maximum atomic E-state index is 6.89. The maximum absolute atomic E-state index is 6.89. The molecule has 0 radical (unpaired) electrons. The first-order valence-electron chi connectivity index (χ1n) is 13.6. The number of ether oxygens (including phenoxy) is 2. The molecule has 0 fully saturated rings. The second kappa shape index (κ2) is 6.36. The summed E-state index contributed by atoms with van der Waals surface area (Å²) in [6, 6.07) is 30.9. The Morgan fingerprint density at radius 3 is 1.55 bits per heavy atom. The number of rotatable bonds is 1. The molecule has 0 spiro atoms. The van der Waals surface area contributed by atoms with Gasteiger partial charge in [0.1, 0.15) is 23.0 Å². The van der Waals surface area contributed by atoms with Crippen LogP contribution in [0.2, 0.25) is 0 Å². The zero-order valence-electron chi connectivity index (χ0n) is 21.1. The van der Waals surface area contributed by atoms with Gasteiger partial charge in [-0.25, -0.2) is 0 Å². The van der Waals surface area contributed by atoms with Crippen molar-refractivity contribution in [1.82, 2.24) is 4.57 Å². The summed E-state index contributed by atoms with van der Waals surface area (Å²) in [6.07, 6.45) is 0. The molecule has 5 aromatic carbocycles. The van der Waals surface area contributed by atoms with Crippen molar-refractivity contribution in [1.29, 1.82) is 0 Å². The van der Waals surface area contributed by atoms with Crippen LogP contribution in [0.3, 0.4) is 0 Å². The Balaban J connectivity index is 1.52. The molecular formula is C33H21B2NO2. The fraction of sp³-hybridized carbons (Fsp3) is 0.0909. The summed E-state index contributed by atoms with van der Waals surface area (Å²) >= 11 is 0. The molecule has 3 nitrogen and oxygen atoms in total. The van der Waals surface area contributed by atoms with Crippen molar-refractivity contribution in [2.75, 3.05) is 0 Å². The highest BCUT2D eigenvalue weighted by Crippen LogP contribution is 2.46. The van der Waals surface area contributed by atoms with E-state index >= 15 is 0 Å². The van der Waals surface area contributed by atoms with Gasteiger partial charge in [-0.2, -0.15) is 0 Å². The highest BCUT2D eigenvalue weighted by atomic mass is 16.5. The van der Waals surface area contributed by atoms with E-state index in [-0.39, 0.29) is 19.3 Å². The van der Waals surface area contributed by atoms with Crippen LogP contribution in [0.15, 0.2) is 84.9 Å². The first-order chi connectivity index (χ1) is 18.7. The lowest BCUT2D eigenvalue weighted by Crippen LogP contribution is -2.65. The van der Waals surface area contributed by atoms with Gasteiger partial charge in [-0.05, 0) is 50.8 Å². The lowest BCUT2D eigenvalue weighted by atomic mass is 9.30. The molecule has 0 N–H and O–H groups in total. The third-order valence-corrected chi connectivity index (χ3v) is 9.24. The third-order valence-electron chi connectivity index (χ3n) is 9.24. The molecule has 0 saturated carbocycles. The quantitative estimate of drug-likeness (QED) is 0.331. The molecule has 5 heteroatoms. The summed E-state index contributed by atoms with van der Waals surface area (Å²) in [6.45, 7) is 4.76. The van der Waals surface area contributed by atoms with E-state index in [4.69, 9.17) is 9.47 Å². The topological polar surface area (TPSA) is 23.4 Å². The predicted molar refractivity (Wildman–Crippen MR) is 157 cm³/mol. The van der Waals surface area contributed by atoms with Crippen LogP contribution < -0.4 is 42.3 Å². The van der Waals surface area contributed by atoms with Crippen LogP contribution in [-0.4, -0.2) is 18.0 Å². The van der Waals surface area contributed by atoms with Gasteiger partial charge in [0, 0.05) is 33.1 Å². The van der Waals surface area contributed by atoms with E-state index in [2.05, 4.69) is 103 Å². The van der Waals surface area contributed by atoms with E-state index in [0.717, 1.165) is 23.0 Å². The van der Waals surface area contributed by atoms with E-state index in [1.165, 1.54) is 65.8 Å². The minimum atomic E-state index is 0.118. The molecule has 176 valence electrons. The monoisotopic (exact) mass is 485 g/mol. The van der Waals surface area contributed by atoms with Crippen LogP contribution in [0.25, 0.3) is 27.5 Å². The van der Waals surface area contributed by atoms with Crippen LogP contribution in [0, 0.1) is 0 Å². The van der Waals surface area contributed by atoms with Gasteiger partial charge in [0.05, 0.1) is 0 Å². The van der Waals surface area contributed by atoms with Crippen LogP contribution in [0.5, 0.6) is 23.0 Å². The first kappa shape index (κ1) is 19.7. The summed E-state index contributed by atoms with van der Waals surface area (Å²) in [5.41, 5.74) is 12.9. The number of para-hydroxylation sites is 4. The molecule has 10 rings (SSSR count). The van der Waals surface area contributed by atoms with E-state index in [1.807, 2.05) is 0 Å². The zero-order valence-corrected chi connectivity index (χ0v) is 21.1. The number of aromatic nitrogens is 1. The van der Waals surface area contributed by atoms with E-state index in [0.29, 0.717) is 0 Å². The molecule has 4 aliphatic heterocycles. The van der Waals surface area contributed by atoms with Crippen LogP contribution in [-0.2, 0) is 0 Å². The molecule has 0 atom stereocenters. The molecule has 1 aromatic heterocycles. The van der Waals surface area contributed by atoms with E-state index < -0.39 is 0 Å². The number of nitrogens with zero attached hydrogens (tertiary/aromatic N) is 1. The molecular weight excluding hydrogens is 464 g/mol. The van der Waals surface area contributed by atoms with Gasteiger partial charge < -0.3 is 14.0 Å². The van der Waals surface area contributed by atoms with Crippen molar-refractivity contribution < 1.29 is 9.47 Å². The largest absolute Gasteiger partial charge is 0.458 e. The van der Waals surface area contributed by atoms with E-state index in [9.17, 15) is 0 Å². The van der Waals surface area contributed by atoms with Crippen molar-refractivity contribution in [3.05, 3.63) is 90.5 Å². The van der Waals surface area contributed by atoms with Gasteiger partial charge in [0.2, 0.25) is 0 Å². The molecule has 5 heterocycles. The zero-order chi connectivity index (χ0) is 24.9. The lowest BCUT2D eigenvalue weighted by Gasteiger charge is -2.42. The number of fused-ring (bicyclic) bond motifs is 7. The lowest BCUT2D eigenvalue weighted by molar-refractivity contribution is 0.449. The van der Waals surface area contributed by atoms with Crippen LogP contribution >= 0.6 is 0 Å². The number of hydrogen-bond donors (Lipinski definition) is 0. The van der Waals surface area contributed by atoms with Crippen molar-refractivity contribution in [3.63, 3.8) is 0 Å². The Morgan fingerprint density at radius 1 is 0.579 bits per heavy atom. The molecule has 0 amide bonds. The van der Waals surface area contributed by atoms with Gasteiger partial charge in [-0.1, -0.05) is 86.6 Å². The Bertz CT molecular complexity index is 1950. The third kappa shape index (κ3) is 2.01. The summed E-state index contributed by atoms with van der Waals surface area (Å²) in [7, 11) is 0. The molecule has 38 heavy (non-hydrogen) atoms. The molecule has 0 aliphatic carbocycles. The average molecular weight is 485 g/mol. The summed E-state index contributed by atoms with van der Waals surface area (Å²) in [5.74, 6) is 4.10. The van der Waals surface area contributed by atoms with Crippen molar-refractivity contribution in [2.45, 2.75) is 19.8 Å². The predicted octanol–water partition coefficient (Wildman–Crippen LogP) is 3.78. The summed E-state index contributed by atoms with van der Waals surface area (Å²) in [4.78, 5) is 0. The van der Waals surface area contributed by atoms with Gasteiger partial charge in [0.15, 0.2) is 0 Å². The van der Waals surface area contributed by atoms with Crippen molar-refractivity contribution in [2.24, 2.45) is 0 Å². The Morgan fingerprint density at radius 2 is 1.05 bits per heavy atom. The first-order valence-corrected chi connectivity index (χ1v) is 13.6.